The van der Waals surface area contributed by atoms with E-state index in [1.807, 2.05) is 0 Å². The molecule has 1 nitrogen and oxygen atoms in total. The Balaban J connectivity index is 1.84. The summed E-state index contributed by atoms with van der Waals surface area (Å²) in [4.78, 5) is 0. The third-order valence-electron chi connectivity index (χ3n) is 4.28. The minimum absolute atomic E-state index is 0.811. The number of hydrogen-bond acceptors (Lipinski definition) is 1. The van der Waals surface area contributed by atoms with Gasteiger partial charge in [0.2, 0.25) is 0 Å². The Kier molecular flexibility index (Phi) is 3.19. The summed E-state index contributed by atoms with van der Waals surface area (Å²) in [5.74, 6) is 1.81. The molecule has 0 bridgehead atoms. The fourth-order valence-electron chi connectivity index (χ4n) is 3.08. The number of piperidine rings is 1. The minimum Gasteiger partial charge on any atom is -0.317 e. The molecule has 0 aromatic heterocycles. The largest absolute Gasteiger partial charge is 0.317 e. The van der Waals surface area contributed by atoms with Gasteiger partial charge < -0.3 is 5.32 Å². The number of hydrogen-bond donors (Lipinski definition) is 1. The first-order valence-corrected chi connectivity index (χ1v) is 7.13. The monoisotopic (exact) mass is 229 g/mol. The predicted octanol–water partition coefficient (Wildman–Crippen LogP) is 3.41. The molecule has 1 saturated heterocycles. The third kappa shape index (κ3) is 2.71. The van der Waals surface area contributed by atoms with Gasteiger partial charge in [-0.2, -0.15) is 0 Å². The first-order valence-electron chi connectivity index (χ1n) is 7.13. The van der Waals surface area contributed by atoms with Crippen LogP contribution in [0.1, 0.15) is 48.3 Å². The Morgan fingerprint density at radius 1 is 1.12 bits per heavy atom. The van der Waals surface area contributed by atoms with E-state index in [1.165, 1.54) is 50.8 Å². The number of nitrogens with one attached hydrogen (secondary N) is 1. The maximum absolute atomic E-state index is 3.47. The van der Waals surface area contributed by atoms with E-state index < -0.39 is 0 Å². The molecule has 1 aromatic rings. The fourth-order valence-corrected chi connectivity index (χ4v) is 3.08. The summed E-state index contributed by atoms with van der Waals surface area (Å²) in [5.41, 5.74) is 4.74. The molecule has 1 heteroatoms. The lowest BCUT2D eigenvalue weighted by Crippen LogP contribution is -2.27. The zero-order valence-corrected chi connectivity index (χ0v) is 10.8. The van der Waals surface area contributed by atoms with Gasteiger partial charge in [-0.15, -0.1) is 0 Å². The third-order valence-corrected chi connectivity index (χ3v) is 4.28. The van der Waals surface area contributed by atoms with Crippen LogP contribution in [-0.2, 0) is 6.42 Å². The highest BCUT2D eigenvalue weighted by Crippen LogP contribution is 2.36. The van der Waals surface area contributed by atoms with Crippen molar-refractivity contribution in [2.45, 2.75) is 44.9 Å². The van der Waals surface area contributed by atoms with Crippen LogP contribution in [0.25, 0.3) is 0 Å². The highest BCUT2D eigenvalue weighted by Gasteiger charge is 2.25. The lowest BCUT2D eigenvalue weighted by molar-refractivity contribution is 0.457. The van der Waals surface area contributed by atoms with Gasteiger partial charge in [0.1, 0.15) is 0 Å². The van der Waals surface area contributed by atoms with Crippen LogP contribution >= 0.6 is 0 Å². The first-order chi connectivity index (χ1) is 8.33. The van der Waals surface area contributed by atoms with E-state index in [0.717, 1.165) is 11.8 Å². The van der Waals surface area contributed by atoms with Crippen molar-refractivity contribution in [3.05, 3.63) is 34.9 Å². The molecule has 2 fully saturated rings. The number of rotatable bonds is 3. The molecule has 1 aliphatic carbocycles. The first kappa shape index (κ1) is 11.3. The summed E-state index contributed by atoms with van der Waals surface area (Å²) in [6.07, 6.45) is 6.89. The molecular weight excluding hydrogens is 206 g/mol. The Morgan fingerprint density at radius 3 is 2.59 bits per heavy atom. The smallest absolute Gasteiger partial charge is 0.00431 e. The van der Waals surface area contributed by atoms with Crippen molar-refractivity contribution < 1.29 is 0 Å². The molecule has 1 aromatic carbocycles. The van der Waals surface area contributed by atoms with Gasteiger partial charge in [-0.3, -0.25) is 0 Å². The Bertz CT molecular complexity index is 387. The van der Waals surface area contributed by atoms with E-state index in [4.69, 9.17) is 0 Å². The normalized spacial score (nSPS) is 21.7. The van der Waals surface area contributed by atoms with Gasteiger partial charge in [-0.25, -0.2) is 0 Å². The Hall–Kier alpha value is -0.820. The van der Waals surface area contributed by atoms with Gasteiger partial charge in [0.05, 0.1) is 0 Å². The van der Waals surface area contributed by atoms with Crippen LogP contribution in [0.5, 0.6) is 0 Å². The van der Waals surface area contributed by atoms with Crippen molar-refractivity contribution in [1.29, 1.82) is 0 Å². The number of benzene rings is 1. The standard InChI is InChI=1S/C16H23N/c1-12-2-5-16(14-6-8-17-9-7-14)15(10-12)11-13-3-4-13/h2,5,10,13-14,17H,3-4,6-9,11H2,1H3. The van der Waals surface area contributed by atoms with Crippen LogP contribution in [0.3, 0.4) is 0 Å². The maximum atomic E-state index is 3.47. The van der Waals surface area contributed by atoms with E-state index in [-0.39, 0.29) is 0 Å². The van der Waals surface area contributed by atoms with E-state index in [1.54, 1.807) is 11.1 Å². The molecule has 1 heterocycles. The van der Waals surface area contributed by atoms with E-state index in [0.29, 0.717) is 0 Å². The quantitative estimate of drug-likeness (QED) is 0.837. The van der Waals surface area contributed by atoms with Crippen molar-refractivity contribution in [2.24, 2.45) is 5.92 Å². The molecule has 2 aliphatic rings. The Morgan fingerprint density at radius 2 is 1.88 bits per heavy atom. The minimum atomic E-state index is 0.811. The van der Waals surface area contributed by atoms with Crippen LogP contribution in [0, 0.1) is 12.8 Å². The molecule has 92 valence electrons. The van der Waals surface area contributed by atoms with Crippen LogP contribution < -0.4 is 5.32 Å². The molecule has 17 heavy (non-hydrogen) atoms. The second-order valence-corrected chi connectivity index (χ2v) is 5.87. The molecule has 3 rings (SSSR count). The summed E-state index contributed by atoms with van der Waals surface area (Å²) in [6.45, 7) is 4.62. The van der Waals surface area contributed by atoms with Crippen LogP contribution in [0.2, 0.25) is 0 Å². The summed E-state index contributed by atoms with van der Waals surface area (Å²) in [6, 6.07) is 7.15. The van der Waals surface area contributed by atoms with Crippen LogP contribution in [-0.4, -0.2) is 13.1 Å². The van der Waals surface area contributed by atoms with Crippen molar-refractivity contribution in [3.63, 3.8) is 0 Å². The molecule has 0 unspecified atom stereocenters. The average Bonchev–Trinajstić information content (AvgIpc) is 3.14. The molecule has 1 saturated carbocycles. The Labute approximate surface area is 105 Å². The SMILES string of the molecule is Cc1ccc(C2CCNCC2)c(CC2CC2)c1. The highest BCUT2D eigenvalue weighted by atomic mass is 14.9. The van der Waals surface area contributed by atoms with Gasteiger partial charge in [-0.05, 0) is 75.1 Å². The van der Waals surface area contributed by atoms with Gasteiger partial charge in [0, 0.05) is 0 Å². The highest BCUT2D eigenvalue weighted by molar-refractivity contribution is 5.35. The molecule has 1 N–H and O–H groups in total. The van der Waals surface area contributed by atoms with Crippen LogP contribution in [0.4, 0.5) is 0 Å². The van der Waals surface area contributed by atoms with Gasteiger partial charge in [0.15, 0.2) is 0 Å². The lowest BCUT2D eigenvalue weighted by Gasteiger charge is -2.25. The predicted molar refractivity (Wildman–Crippen MR) is 72.5 cm³/mol. The van der Waals surface area contributed by atoms with Crippen molar-refractivity contribution >= 4 is 0 Å². The molecule has 0 amide bonds. The van der Waals surface area contributed by atoms with Crippen molar-refractivity contribution in [3.8, 4) is 0 Å². The molecule has 1 aliphatic heterocycles. The van der Waals surface area contributed by atoms with E-state index in [9.17, 15) is 0 Å². The van der Waals surface area contributed by atoms with Gasteiger partial charge in [-0.1, -0.05) is 23.8 Å². The number of aryl methyl sites for hydroxylation is 1. The summed E-state index contributed by atoms with van der Waals surface area (Å²) >= 11 is 0. The van der Waals surface area contributed by atoms with E-state index >= 15 is 0 Å². The lowest BCUT2D eigenvalue weighted by atomic mass is 9.85. The molecule has 0 radical (unpaired) electrons. The molecular formula is C16H23N. The molecule has 0 spiro atoms. The summed E-state index contributed by atoms with van der Waals surface area (Å²) in [7, 11) is 0. The zero-order chi connectivity index (χ0) is 11.7. The van der Waals surface area contributed by atoms with Crippen molar-refractivity contribution in [2.75, 3.05) is 13.1 Å². The zero-order valence-electron chi connectivity index (χ0n) is 10.8. The topological polar surface area (TPSA) is 12.0 Å². The van der Waals surface area contributed by atoms with Crippen molar-refractivity contribution in [1.82, 2.24) is 5.32 Å². The van der Waals surface area contributed by atoms with Gasteiger partial charge in [0.25, 0.3) is 0 Å². The maximum Gasteiger partial charge on any atom is -0.00431 e. The van der Waals surface area contributed by atoms with Gasteiger partial charge >= 0.3 is 0 Å². The summed E-state index contributed by atoms with van der Waals surface area (Å²) in [5, 5.41) is 3.47. The van der Waals surface area contributed by atoms with Crippen LogP contribution in [0.15, 0.2) is 18.2 Å². The fraction of sp³-hybridized carbons (Fsp3) is 0.625. The second-order valence-electron chi connectivity index (χ2n) is 5.87. The average molecular weight is 229 g/mol. The summed E-state index contributed by atoms with van der Waals surface area (Å²) < 4.78 is 0. The van der Waals surface area contributed by atoms with E-state index in [2.05, 4.69) is 30.4 Å². The molecule has 0 atom stereocenters. The second kappa shape index (κ2) is 4.81.